The van der Waals surface area contributed by atoms with Gasteiger partial charge in [0.25, 0.3) is 0 Å². The Morgan fingerprint density at radius 1 is 1.35 bits per heavy atom. The van der Waals surface area contributed by atoms with Crippen LogP contribution in [0, 0.1) is 0 Å². The number of imidazole rings is 1. The number of hydrogen-bond acceptors (Lipinski definition) is 2. The average Bonchev–Trinajstić information content (AvgIpc) is 2.99. The second kappa shape index (κ2) is 4.56. The minimum atomic E-state index is -4.31. The van der Waals surface area contributed by atoms with Crippen molar-refractivity contribution in [2.75, 3.05) is 13.2 Å². The molecule has 1 aromatic heterocycles. The second-order valence-electron chi connectivity index (χ2n) is 4.08. The van der Waals surface area contributed by atoms with Crippen molar-refractivity contribution in [2.24, 2.45) is 0 Å². The maximum absolute atomic E-state index is 11.8. The number of rotatable bonds is 5. The molecule has 0 aliphatic heterocycles. The molecule has 0 radical (unpaired) electrons. The van der Waals surface area contributed by atoms with Gasteiger partial charge < -0.3 is 4.74 Å². The first-order valence-corrected chi connectivity index (χ1v) is 5.39. The van der Waals surface area contributed by atoms with E-state index >= 15 is 0 Å². The lowest BCUT2D eigenvalue weighted by atomic mass is 10.6. The molecule has 2 rings (SSSR count). The Balaban J connectivity index is 1.81. The molecule has 7 heteroatoms. The molecule has 0 saturated heterocycles. The first-order chi connectivity index (χ1) is 7.97. The molecule has 0 N–H and O–H groups in total. The Kier molecular flexibility index (Phi) is 3.28. The third-order valence-electron chi connectivity index (χ3n) is 2.56. The minimum absolute atomic E-state index is 0.117. The summed E-state index contributed by atoms with van der Waals surface area (Å²) in [4.78, 5) is 11.7. The molecular weight excluding hydrogens is 237 g/mol. The van der Waals surface area contributed by atoms with E-state index in [4.69, 9.17) is 0 Å². The molecule has 1 aromatic rings. The summed E-state index contributed by atoms with van der Waals surface area (Å²) in [6.45, 7) is -1.24. The standard InChI is InChI=1S/C10H13F3N2O2/c11-10(12,13)7-17-6-5-14-3-4-15(9(14)16)8-1-2-8/h3-4,8H,1-2,5-7H2. The lowest BCUT2D eigenvalue weighted by Crippen LogP contribution is -2.26. The largest absolute Gasteiger partial charge is 0.411 e. The van der Waals surface area contributed by atoms with Gasteiger partial charge in [-0.1, -0.05) is 0 Å². The molecule has 4 nitrogen and oxygen atoms in total. The zero-order valence-corrected chi connectivity index (χ0v) is 9.11. The lowest BCUT2D eigenvalue weighted by Gasteiger charge is -2.07. The third-order valence-corrected chi connectivity index (χ3v) is 2.56. The molecule has 0 unspecified atom stereocenters. The Labute approximate surface area is 95.6 Å². The van der Waals surface area contributed by atoms with Crippen LogP contribution in [0.3, 0.4) is 0 Å². The van der Waals surface area contributed by atoms with Crippen molar-refractivity contribution in [2.45, 2.75) is 31.6 Å². The summed E-state index contributed by atoms with van der Waals surface area (Å²) in [5.74, 6) is 0. The first kappa shape index (κ1) is 12.2. The van der Waals surface area contributed by atoms with E-state index in [0.29, 0.717) is 0 Å². The van der Waals surface area contributed by atoms with Crippen LogP contribution in [0.4, 0.5) is 13.2 Å². The summed E-state index contributed by atoms with van der Waals surface area (Å²) in [5, 5.41) is 0. The Hall–Kier alpha value is -1.24. The third kappa shape index (κ3) is 3.36. The number of alkyl halides is 3. The van der Waals surface area contributed by atoms with E-state index in [1.807, 2.05) is 0 Å². The molecule has 0 amide bonds. The van der Waals surface area contributed by atoms with E-state index in [-0.39, 0.29) is 24.9 Å². The molecule has 0 aromatic carbocycles. The zero-order chi connectivity index (χ0) is 12.5. The van der Waals surface area contributed by atoms with Gasteiger partial charge in [0, 0.05) is 18.4 Å². The highest BCUT2D eigenvalue weighted by atomic mass is 19.4. The summed E-state index contributed by atoms with van der Waals surface area (Å²) < 4.78 is 42.8. The topological polar surface area (TPSA) is 36.2 Å². The van der Waals surface area contributed by atoms with E-state index in [1.165, 1.54) is 4.57 Å². The van der Waals surface area contributed by atoms with Gasteiger partial charge in [-0.05, 0) is 12.8 Å². The van der Waals surface area contributed by atoms with Crippen molar-refractivity contribution in [3.05, 3.63) is 22.9 Å². The highest BCUT2D eigenvalue weighted by Crippen LogP contribution is 2.33. The van der Waals surface area contributed by atoms with Gasteiger partial charge in [0.2, 0.25) is 0 Å². The van der Waals surface area contributed by atoms with Crippen LogP contribution in [0.25, 0.3) is 0 Å². The van der Waals surface area contributed by atoms with Crippen LogP contribution < -0.4 is 5.69 Å². The molecule has 17 heavy (non-hydrogen) atoms. The van der Waals surface area contributed by atoms with Gasteiger partial charge in [0.15, 0.2) is 0 Å². The van der Waals surface area contributed by atoms with Gasteiger partial charge in [-0.15, -0.1) is 0 Å². The summed E-state index contributed by atoms with van der Waals surface area (Å²) in [6.07, 6.45) is 0.926. The van der Waals surface area contributed by atoms with Crippen molar-refractivity contribution in [3.63, 3.8) is 0 Å². The van der Waals surface area contributed by atoms with E-state index in [0.717, 1.165) is 12.8 Å². The molecule has 0 atom stereocenters. The number of hydrogen-bond donors (Lipinski definition) is 0. The zero-order valence-electron chi connectivity index (χ0n) is 9.11. The maximum atomic E-state index is 11.8. The quantitative estimate of drug-likeness (QED) is 0.743. The summed E-state index contributed by atoms with van der Waals surface area (Å²) in [7, 11) is 0. The fraction of sp³-hybridized carbons (Fsp3) is 0.700. The normalized spacial score (nSPS) is 16.4. The van der Waals surface area contributed by atoms with Crippen LogP contribution in [0.5, 0.6) is 0 Å². The lowest BCUT2D eigenvalue weighted by molar-refractivity contribution is -0.174. The fourth-order valence-corrected chi connectivity index (χ4v) is 1.58. The van der Waals surface area contributed by atoms with Crippen molar-refractivity contribution >= 4 is 0 Å². The van der Waals surface area contributed by atoms with Crippen LogP contribution >= 0.6 is 0 Å². The second-order valence-corrected chi connectivity index (χ2v) is 4.08. The molecule has 0 bridgehead atoms. The van der Waals surface area contributed by atoms with E-state index in [9.17, 15) is 18.0 Å². The molecular formula is C10H13F3N2O2. The molecule has 1 aliphatic rings. The Morgan fingerprint density at radius 3 is 2.65 bits per heavy atom. The molecule has 0 spiro atoms. The molecule has 1 aliphatic carbocycles. The fourth-order valence-electron chi connectivity index (χ4n) is 1.58. The number of ether oxygens (including phenoxy) is 1. The minimum Gasteiger partial charge on any atom is -0.370 e. The molecule has 1 fully saturated rings. The number of halogens is 3. The van der Waals surface area contributed by atoms with Crippen LogP contribution in [0.1, 0.15) is 18.9 Å². The van der Waals surface area contributed by atoms with Gasteiger partial charge in [-0.25, -0.2) is 4.79 Å². The molecule has 96 valence electrons. The Morgan fingerprint density at radius 2 is 2.06 bits per heavy atom. The maximum Gasteiger partial charge on any atom is 0.411 e. The van der Waals surface area contributed by atoms with Gasteiger partial charge in [0.1, 0.15) is 6.61 Å². The monoisotopic (exact) mass is 250 g/mol. The summed E-state index contributed by atoms with van der Waals surface area (Å²) >= 11 is 0. The smallest absolute Gasteiger partial charge is 0.370 e. The molecule has 1 saturated carbocycles. The van der Waals surface area contributed by atoms with E-state index < -0.39 is 12.8 Å². The van der Waals surface area contributed by atoms with Gasteiger partial charge in [-0.3, -0.25) is 9.13 Å². The van der Waals surface area contributed by atoms with Crippen LogP contribution in [-0.4, -0.2) is 28.5 Å². The summed E-state index contributed by atoms with van der Waals surface area (Å²) in [5.41, 5.74) is -0.178. The highest BCUT2D eigenvalue weighted by Gasteiger charge is 2.27. The average molecular weight is 250 g/mol. The van der Waals surface area contributed by atoms with Crippen molar-refractivity contribution in [1.29, 1.82) is 0 Å². The van der Waals surface area contributed by atoms with Crippen LogP contribution in [-0.2, 0) is 11.3 Å². The van der Waals surface area contributed by atoms with Crippen LogP contribution in [0.15, 0.2) is 17.2 Å². The van der Waals surface area contributed by atoms with Crippen LogP contribution in [0.2, 0.25) is 0 Å². The van der Waals surface area contributed by atoms with Crippen molar-refractivity contribution < 1.29 is 17.9 Å². The molecule has 1 heterocycles. The summed E-state index contributed by atoms with van der Waals surface area (Å²) in [6, 6.07) is 0.278. The van der Waals surface area contributed by atoms with Crippen molar-refractivity contribution in [1.82, 2.24) is 9.13 Å². The predicted octanol–water partition coefficient (Wildman–Crippen LogP) is 1.56. The first-order valence-electron chi connectivity index (χ1n) is 5.39. The predicted molar refractivity (Wildman–Crippen MR) is 53.8 cm³/mol. The van der Waals surface area contributed by atoms with Gasteiger partial charge in [0.05, 0.1) is 13.2 Å². The Bertz CT molecular complexity index is 431. The van der Waals surface area contributed by atoms with Gasteiger partial charge in [-0.2, -0.15) is 13.2 Å². The number of aromatic nitrogens is 2. The van der Waals surface area contributed by atoms with E-state index in [1.54, 1.807) is 17.0 Å². The van der Waals surface area contributed by atoms with Gasteiger partial charge >= 0.3 is 11.9 Å². The van der Waals surface area contributed by atoms with Crippen molar-refractivity contribution in [3.8, 4) is 0 Å². The highest BCUT2D eigenvalue weighted by molar-refractivity contribution is 4.91. The van der Waals surface area contributed by atoms with E-state index in [2.05, 4.69) is 4.74 Å². The SMILES string of the molecule is O=c1n(CCOCC(F)(F)F)ccn1C1CC1. The number of nitrogens with zero attached hydrogens (tertiary/aromatic N) is 2.